The molecule has 2 aromatic rings. The summed E-state index contributed by atoms with van der Waals surface area (Å²) in [5, 5.41) is 3.18. The van der Waals surface area contributed by atoms with Crippen molar-refractivity contribution in [2.45, 2.75) is 0 Å². The van der Waals surface area contributed by atoms with Crippen molar-refractivity contribution < 1.29 is 9.53 Å². The lowest BCUT2D eigenvalue weighted by atomic mass is 10.2. The van der Waals surface area contributed by atoms with E-state index in [-0.39, 0.29) is 5.91 Å². The number of benzene rings is 1. The van der Waals surface area contributed by atoms with Gasteiger partial charge in [-0.15, -0.1) is 0 Å². The van der Waals surface area contributed by atoms with Crippen LogP contribution in [0.3, 0.4) is 0 Å². The lowest BCUT2D eigenvalue weighted by Crippen LogP contribution is -2.12. The molecule has 0 aliphatic heterocycles. The second kappa shape index (κ2) is 5.01. The number of hydrogen-bond donors (Lipinski definition) is 3. The van der Waals surface area contributed by atoms with E-state index in [1.807, 2.05) is 0 Å². The number of nitrogens with two attached hydrogens (primary N) is 1. The first-order valence-corrected chi connectivity index (χ1v) is 5.56. The van der Waals surface area contributed by atoms with Crippen LogP contribution in [0.5, 0.6) is 5.75 Å². The van der Waals surface area contributed by atoms with Crippen LogP contribution < -0.4 is 15.8 Å². The third-order valence-electron chi connectivity index (χ3n) is 2.38. The van der Waals surface area contributed by atoms with Crippen LogP contribution in [0, 0.1) is 0 Å². The summed E-state index contributed by atoms with van der Waals surface area (Å²) in [7, 11) is 1.53. The van der Waals surface area contributed by atoms with Crippen molar-refractivity contribution in [2.75, 3.05) is 18.2 Å². The predicted octanol–water partition coefficient (Wildman–Crippen LogP) is 2.51. The second-order valence-corrected chi connectivity index (χ2v) is 4.08. The van der Waals surface area contributed by atoms with E-state index >= 15 is 0 Å². The predicted molar refractivity (Wildman–Crippen MR) is 71.2 cm³/mol. The molecule has 0 fully saturated rings. The number of carbonyl (C=O) groups excluding carboxylic acids is 1. The second-order valence-electron chi connectivity index (χ2n) is 3.64. The maximum atomic E-state index is 11.8. The molecule has 1 aromatic carbocycles. The molecular weight excluding hydrogens is 254 g/mol. The Balaban J connectivity index is 2.14. The molecule has 0 radical (unpaired) electrons. The number of rotatable bonds is 3. The van der Waals surface area contributed by atoms with Gasteiger partial charge in [0.15, 0.2) is 0 Å². The van der Waals surface area contributed by atoms with Gasteiger partial charge >= 0.3 is 0 Å². The molecule has 0 aliphatic rings. The number of amides is 1. The number of aromatic nitrogens is 1. The highest BCUT2D eigenvalue weighted by molar-refractivity contribution is 6.31. The van der Waals surface area contributed by atoms with Crippen molar-refractivity contribution >= 4 is 28.9 Å². The number of anilines is 2. The molecule has 4 N–H and O–H groups in total. The average Bonchev–Trinajstić information content (AvgIpc) is 2.76. The van der Waals surface area contributed by atoms with Gasteiger partial charge < -0.3 is 20.8 Å². The maximum Gasteiger partial charge on any atom is 0.272 e. The van der Waals surface area contributed by atoms with Crippen LogP contribution in [0.25, 0.3) is 0 Å². The van der Waals surface area contributed by atoms with E-state index in [1.165, 1.54) is 7.11 Å². The number of nitrogen functional groups attached to an aromatic ring is 1. The summed E-state index contributed by atoms with van der Waals surface area (Å²) in [6, 6.07) is 6.56. The third-order valence-corrected chi connectivity index (χ3v) is 2.60. The quantitative estimate of drug-likeness (QED) is 0.746. The lowest BCUT2D eigenvalue weighted by molar-refractivity contribution is 0.102. The highest BCUT2D eigenvalue weighted by Crippen LogP contribution is 2.24. The summed E-state index contributed by atoms with van der Waals surface area (Å²) in [6.45, 7) is 0. The summed E-state index contributed by atoms with van der Waals surface area (Å²) >= 11 is 5.72. The minimum absolute atomic E-state index is 0.286. The molecule has 1 aromatic heterocycles. The molecule has 0 saturated heterocycles. The number of nitrogens with one attached hydrogen (secondary N) is 2. The Morgan fingerprint density at radius 2 is 2.22 bits per heavy atom. The van der Waals surface area contributed by atoms with Gasteiger partial charge in [0.25, 0.3) is 5.91 Å². The Hall–Kier alpha value is -2.14. The number of carbonyl (C=O) groups is 1. The van der Waals surface area contributed by atoms with E-state index in [0.717, 1.165) is 0 Å². The molecule has 0 bridgehead atoms. The lowest BCUT2D eigenvalue weighted by Gasteiger charge is -2.08. The molecule has 18 heavy (non-hydrogen) atoms. The van der Waals surface area contributed by atoms with Crippen molar-refractivity contribution in [3.05, 3.63) is 41.2 Å². The molecule has 1 amide bonds. The van der Waals surface area contributed by atoms with Crippen molar-refractivity contribution in [3.8, 4) is 5.75 Å². The average molecular weight is 266 g/mol. The van der Waals surface area contributed by atoms with E-state index in [9.17, 15) is 4.79 Å². The van der Waals surface area contributed by atoms with Crippen LogP contribution >= 0.6 is 11.6 Å². The number of ether oxygens (including phenoxy) is 1. The molecule has 0 atom stereocenters. The Labute approximate surface area is 109 Å². The number of methoxy groups -OCH3 is 1. The Morgan fingerprint density at radius 1 is 1.44 bits per heavy atom. The molecule has 6 heteroatoms. The molecule has 1 heterocycles. The van der Waals surface area contributed by atoms with Gasteiger partial charge in [0.2, 0.25) is 0 Å². The molecule has 0 unspecified atom stereocenters. The van der Waals surface area contributed by atoms with Gasteiger partial charge in [-0.05, 0) is 24.3 Å². The molecule has 94 valence electrons. The summed E-state index contributed by atoms with van der Waals surface area (Å²) in [5.74, 6) is 0.280. The fourth-order valence-electron chi connectivity index (χ4n) is 1.51. The fourth-order valence-corrected chi connectivity index (χ4v) is 1.67. The van der Waals surface area contributed by atoms with Gasteiger partial charge in [0.1, 0.15) is 11.4 Å². The van der Waals surface area contributed by atoms with Crippen molar-refractivity contribution in [2.24, 2.45) is 0 Å². The first-order valence-electron chi connectivity index (χ1n) is 5.19. The summed E-state index contributed by atoms with van der Waals surface area (Å²) < 4.78 is 5.03. The van der Waals surface area contributed by atoms with Crippen LogP contribution in [-0.4, -0.2) is 18.0 Å². The molecule has 2 rings (SSSR count). The molecular formula is C12H12ClN3O2. The topological polar surface area (TPSA) is 80.1 Å². The maximum absolute atomic E-state index is 11.8. The van der Waals surface area contributed by atoms with Gasteiger partial charge in [-0.3, -0.25) is 4.79 Å². The normalized spacial score (nSPS) is 10.1. The number of H-pyrrole nitrogens is 1. The van der Waals surface area contributed by atoms with Gasteiger partial charge in [-0.1, -0.05) is 11.6 Å². The number of halogens is 1. The largest absolute Gasteiger partial charge is 0.495 e. The van der Waals surface area contributed by atoms with Crippen molar-refractivity contribution in [3.63, 3.8) is 0 Å². The van der Waals surface area contributed by atoms with E-state index in [0.29, 0.717) is 27.8 Å². The van der Waals surface area contributed by atoms with Crippen LogP contribution in [-0.2, 0) is 0 Å². The molecule has 0 aliphatic carbocycles. The standard InChI is InChI=1S/C12H12ClN3O2/c1-18-11-3-2-8(5-9(11)14)16-12(17)10-4-7(13)6-15-10/h2-6,15H,14H2,1H3,(H,16,17). The third kappa shape index (κ3) is 2.57. The van der Waals surface area contributed by atoms with Crippen LogP contribution in [0.15, 0.2) is 30.5 Å². The SMILES string of the molecule is COc1ccc(NC(=O)c2cc(Cl)c[nH]2)cc1N. The molecule has 0 spiro atoms. The zero-order chi connectivity index (χ0) is 13.1. The van der Waals surface area contributed by atoms with Crippen LogP contribution in [0.4, 0.5) is 11.4 Å². The van der Waals surface area contributed by atoms with E-state index < -0.39 is 0 Å². The number of hydrogen-bond acceptors (Lipinski definition) is 3. The summed E-state index contributed by atoms with van der Waals surface area (Å²) in [6.07, 6.45) is 1.54. The fraction of sp³-hybridized carbons (Fsp3) is 0.0833. The number of aromatic amines is 1. The van der Waals surface area contributed by atoms with Crippen molar-refractivity contribution in [1.29, 1.82) is 0 Å². The zero-order valence-corrected chi connectivity index (χ0v) is 10.4. The first-order chi connectivity index (χ1) is 8.60. The minimum atomic E-state index is -0.286. The van der Waals surface area contributed by atoms with Gasteiger partial charge in [-0.2, -0.15) is 0 Å². The monoisotopic (exact) mass is 265 g/mol. The Kier molecular flexibility index (Phi) is 3.43. The van der Waals surface area contributed by atoms with Crippen LogP contribution in [0.2, 0.25) is 5.02 Å². The molecule has 5 nitrogen and oxygen atoms in total. The first kappa shape index (κ1) is 12.3. The van der Waals surface area contributed by atoms with Crippen LogP contribution in [0.1, 0.15) is 10.5 Å². The highest BCUT2D eigenvalue weighted by Gasteiger charge is 2.09. The zero-order valence-electron chi connectivity index (χ0n) is 9.66. The van der Waals surface area contributed by atoms with E-state index in [4.69, 9.17) is 22.1 Å². The summed E-state index contributed by atoms with van der Waals surface area (Å²) in [5.41, 5.74) is 7.17. The van der Waals surface area contributed by atoms with Gasteiger partial charge in [0, 0.05) is 11.9 Å². The van der Waals surface area contributed by atoms with E-state index in [1.54, 1.807) is 30.5 Å². The smallest absolute Gasteiger partial charge is 0.272 e. The van der Waals surface area contributed by atoms with E-state index in [2.05, 4.69) is 10.3 Å². The summed E-state index contributed by atoms with van der Waals surface area (Å²) in [4.78, 5) is 14.6. The minimum Gasteiger partial charge on any atom is -0.495 e. The van der Waals surface area contributed by atoms with Crippen molar-refractivity contribution in [1.82, 2.24) is 4.98 Å². The Morgan fingerprint density at radius 3 is 2.78 bits per heavy atom. The molecule has 0 saturated carbocycles. The highest BCUT2D eigenvalue weighted by atomic mass is 35.5. The van der Waals surface area contributed by atoms with Gasteiger partial charge in [0.05, 0.1) is 17.8 Å². The van der Waals surface area contributed by atoms with Gasteiger partial charge in [-0.25, -0.2) is 0 Å². The Bertz CT molecular complexity index is 580.